The lowest BCUT2D eigenvalue weighted by atomic mass is 9.97. The zero-order valence-corrected chi connectivity index (χ0v) is 15.2. The van der Waals surface area contributed by atoms with Crippen LogP contribution in [0.3, 0.4) is 0 Å². The first-order valence-electron chi connectivity index (χ1n) is 8.40. The summed E-state index contributed by atoms with van der Waals surface area (Å²) >= 11 is 1.36. The number of hydrogen-bond donors (Lipinski definition) is 2. The van der Waals surface area contributed by atoms with Gasteiger partial charge in [-0.3, -0.25) is 9.59 Å². The van der Waals surface area contributed by atoms with E-state index >= 15 is 0 Å². The second kappa shape index (κ2) is 8.09. The van der Waals surface area contributed by atoms with Gasteiger partial charge < -0.3 is 15.5 Å². The lowest BCUT2D eigenvalue weighted by Crippen LogP contribution is -2.45. The third-order valence-electron chi connectivity index (χ3n) is 4.26. The molecule has 1 unspecified atom stereocenters. The Morgan fingerprint density at radius 1 is 1.27 bits per heavy atom. The molecular formula is C18H20N4O3S. The molecule has 1 aliphatic rings. The minimum atomic E-state index is -0.266. The molecule has 2 N–H and O–H groups in total. The zero-order chi connectivity index (χ0) is 18.5. The van der Waals surface area contributed by atoms with Crippen LogP contribution in [0.4, 0.5) is 15.6 Å². The van der Waals surface area contributed by atoms with Gasteiger partial charge in [0.25, 0.3) is 0 Å². The summed E-state index contributed by atoms with van der Waals surface area (Å²) in [5.74, 6) is -0.434. The molecule has 136 valence electrons. The molecule has 2 heterocycles. The van der Waals surface area contributed by atoms with Crippen molar-refractivity contribution < 1.29 is 14.4 Å². The van der Waals surface area contributed by atoms with E-state index in [1.165, 1.54) is 18.3 Å². The number of anilines is 2. The fourth-order valence-corrected chi connectivity index (χ4v) is 3.42. The van der Waals surface area contributed by atoms with Gasteiger partial charge in [-0.15, -0.1) is 11.3 Å². The number of nitrogens with one attached hydrogen (secondary N) is 2. The molecular weight excluding hydrogens is 352 g/mol. The Morgan fingerprint density at radius 2 is 2.12 bits per heavy atom. The predicted octanol–water partition coefficient (Wildman–Crippen LogP) is 3.23. The lowest BCUT2D eigenvalue weighted by Gasteiger charge is -2.31. The zero-order valence-electron chi connectivity index (χ0n) is 14.4. The average molecular weight is 372 g/mol. The highest BCUT2D eigenvalue weighted by Crippen LogP contribution is 2.21. The van der Waals surface area contributed by atoms with Crippen molar-refractivity contribution in [3.8, 4) is 0 Å². The van der Waals surface area contributed by atoms with Crippen LogP contribution in [0, 0.1) is 5.92 Å². The third kappa shape index (κ3) is 4.45. The highest BCUT2D eigenvalue weighted by molar-refractivity contribution is 7.13. The van der Waals surface area contributed by atoms with E-state index in [1.54, 1.807) is 40.7 Å². The van der Waals surface area contributed by atoms with Crippen LogP contribution in [0.2, 0.25) is 0 Å². The maximum atomic E-state index is 12.5. The molecule has 0 saturated carbocycles. The van der Waals surface area contributed by atoms with Crippen LogP contribution in [-0.4, -0.2) is 40.7 Å². The molecule has 1 atom stereocenters. The molecule has 1 saturated heterocycles. The quantitative estimate of drug-likeness (QED) is 0.806. The van der Waals surface area contributed by atoms with Crippen molar-refractivity contribution in [3.05, 3.63) is 41.4 Å². The molecule has 1 aromatic heterocycles. The van der Waals surface area contributed by atoms with Gasteiger partial charge in [0.2, 0.25) is 5.91 Å². The molecule has 1 fully saturated rings. The highest BCUT2D eigenvalue weighted by Gasteiger charge is 2.28. The van der Waals surface area contributed by atoms with E-state index in [0.717, 1.165) is 12.8 Å². The number of carbonyl (C=O) groups is 3. The molecule has 7 nitrogen and oxygen atoms in total. The summed E-state index contributed by atoms with van der Waals surface area (Å²) in [6, 6.07) is 6.56. The Kier molecular flexibility index (Phi) is 5.62. The minimum absolute atomic E-state index is 0.0574. The SMILES string of the molecule is CC(=O)c1cccc(NC(=O)N2CCCC(C(=O)Nc3nccs3)C2)c1. The van der Waals surface area contributed by atoms with Gasteiger partial charge in [-0.1, -0.05) is 12.1 Å². The number of thiazole rings is 1. The molecule has 1 aromatic carbocycles. The van der Waals surface area contributed by atoms with Crippen molar-refractivity contribution in [3.63, 3.8) is 0 Å². The molecule has 1 aliphatic heterocycles. The van der Waals surface area contributed by atoms with E-state index < -0.39 is 0 Å². The highest BCUT2D eigenvalue weighted by atomic mass is 32.1. The Morgan fingerprint density at radius 3 is 2.85 bits per heavy atom. The second-order valence-corrected chi connectivity index (χ2v) is 7.07. The van der Waals surface area contributed by atoms with E-state index in [-0.39, 0.29) is 23.6 Å². The number of urea groups is 1. The first-order valence-corrected chi connectivity index (χ1v) is 9.28. The van der Waals surface area contributed by atoms with Crippen LogP contribution in [0.5, 0.6) is 0 Å². The number of nitrogens with zero attached hydrogens (tertiary/aromatic N) is 2. The summed E-state index contributed by atoms with van der Waals surface area (Å²) in [5.41, 5.74) is 1.11. The molecule has 0 bridgehead atoms. The van der Waals surface area contributed by atoms with Gasteiger partial charge >= 0.3 is 6.03 Å². The second-order valence-electron chi connectivity index (χ2n) is 6.18. The van der Waals surface area contributed by atoms with E-state index in [1.807, 2.05) is 0 Å². The van der Waals surface area contributed by atoms with Crippen LogP contribution in [-0.2, 0) is 4.79 Å². The molecule has 0 radical (unpaired) electrons. The van der Waals surface area contributed by atoms with Crippen molar-refractivity contribution >= 4 is 39.9 Å². The molecule has 8 heteroatoms. The molecule has 2 aromatic rings. The summed E-state index contributed by atoms with van der Waals surface area (Å²) in [5, 5.41) is 7.96. The number of carbonyl (C=O) groups excluding carboxylic acids is 3. The average Bonchev–Trinajstić information content (AvgIpc) is 3.15. The topological polar surface area (TPSA) is 91.4 Å². The fraction of sp³-hybridized carbons (Fsp3) is 0.333. The maximum absolute atomic E-state index is 12.5. The largest absolute Gasteiger partial charge is 0.324 e. The fourth-order valence-electron chi connectivity index (χ4n) is 2.89. The number of ketones is 1. The summed E-state index contributed by atoms with van der Waals surface area (Å²) in [7, 11) is 0. The first-order chi connectivity index (χ1) is 12.5. The monoisotopic (exact) mass is 372 g/mol. The van der Waals surface area contributed by atoms with Crippen molar-refractivity contribution in [1.29, 1.82) is 0 Å². The van der Waals surface area contributed by atoms with Crippen molar-refractivity contribution in [1.82, 2.24) is 9.88 Å². The van der Waals surface area contributed by atoms with Gasteiger partial charge in [0.05, 0.1) is 5.92 Å². The van der Waals surface area contributed by atoms with Gasteiger partial charge in [-0.25, -0.2) is 9.78 Å². The van der Waals surface area contributed by atoms with Gasteiger partial charge in [0, 0.05) is 35.9 Å². The van der Waals surface area contributed by atoms with E-state index in [9.17, 15) is 14.4 Å². The van der Waals surface area contributed by atoms with Crippen LogP contribution < -0.4 is 10.6 Å². The van der Waals surface area contributed by atoms with Crippen molar-refractivity contribution in [2.75, 3.05) is 23.7 Å². The number of likely N-dealkylation sites (tertiary alicyclic amines) is 1. The summed E-state index contributed by atoms with van der Waals surface area (Å²) in [4.78, 5) is 42.0. The van der Waals surface area contributed by atoms with E-state index in [2.05, 4.69) is 15.6 Å². The molecule has 3 rings (SSSR count). The summed E-state index contributed by atoms with van der Waals surface area (Å²) in [6.45, 7) is 2.44. The van der Waals surface area contributed by atoms with Crippen molar-refractivity contribution in [2.45, 2.75) is 19.8 Å². The smallest absolute Gasteiger partial charge is 0.321 e. The number of benzene rings is 1. The standard InChI is InChI=1S/C18H20N4O3S/c1-12(23)13-4-2-6-15(10-13)20-18(25)22-8-3-5-14(11-22)16(24)21-17-19-7-9-26-17/h2,4,6-7,9-10,14H,3,5,8,11H2,1H3,(H,20,25)(H,19,21,24). The predicted molar refractivity (Wildman–Crippen MR) is 101 cm³/mol. The Hall–Kier alpha value is -2.74. The molecule has 26 heavy (non-hydrogen) atoms. The van der Waals surface area contributed by atoms with Gasteiger partial charge in [0.1, 0.15) is 0 Å². The number of rotatable bonds is 4. The normalized spacial score (nSPS) is 16.8. The van der Waals surface area contributed by atoms with E-state index in [0.29, 0.717) is 29.5 Å². The van der Waals surface area contributed by atoms with Gasteiger partial charge in [-0.2, -0.15) is 0 Å². The van der Waals surface area contributed by atoms with Crippen molar-refractivity contribution in [2.24, 2.45) is 5.92 Å². The van der Waals surface area contributed by atoms with Gasteiger partial charge in [-0.05, 0) is 31.9 Å². The minimum Gasteiger partial charge on any atom is -0.324 e. The summed E-state index contributed by atoms with van der Waals surface area (Å²) < 4.78 is 0. The third-order valence-corrected chi connectivity index (χ3v) is 4.95. The van der Waals surface area contributed by atoms with Crippen LogP contribution in [0.1, 0.15) is 30.1 Å². The maximum Gasteiger partial charge on any atom is 0.321 e. The summed E-state index contributed by atoms with van der Waals surface area (Å²) in [6.07, 6.45) is 3.13. The Bertz CT molecular complexity index is 807. The number of aromatic nitrogens is 1. The number of Topliss-reactive ketones (excluding diaryl/α,β-unsaturated/α-hetero) is 1. The number of hydrogen-bond acceptors (Lipinski definition) is 5. The lowest BCUT2D eigenvalue weighted by molar-refractivity contribution is -0.121. The van der Waals surface area contributed by atoms with Crippen LogP contribution in [0.15, 0.2) is 35.8 Å². The van der Waals surface area contributed by atoms with Crippen LogP contribution >= 0.6 is 11.3 Å². The first kappa shape index (κ1) is 18.1. The molecule has 0 spiro atoms. The molecule has 0 aliphatic carbocycles. The van der Waals surface area contributed by atoms with E-state index in [4.69, 9.17) is 0 Å². The van der Waals surface area contributed by atoms with Gasteiger partial charge in [0.15, 0.2) is 10.9 Å². The number of amides is 3. The Labute approximate surface area is 155 Å². The molecule has 3 amide bonds. The Balaban J connectivity index is 1.60. The van der Waals surface area contributed by atoms with Crippen LogP contribution in [0.25, 0.3) is 0 Å². The number of piperidine rings is 1.